The summed E-state index contributed by atoms with van der Waals surface area (Å²) in [5.41, 5.74) is -1.43. The zero-order valence-electron chi connectivity index (χ0n) is 57.3. The number of Topliss-reactive ketones (excluding diaryl/α,β-unsaturated/α-hetero) is 1. The number of ketones is 1. The molecule has 32 nitrogen and oxygen atoms in total. The molecule has 9 fully saturated rings. The predicted octanol–water partition coefficient (Wildman–Crippen LogP) is -6.53. The summed E-state index contributed by atoms with van der Waals surface area (Å²) < 4.78 is 115. The van der Waals surface area contributed by atoms with E-state index in [2.05, 4.69) is 19.9 Å². The van der Waals surface area contributed by atoms with E-state index in [0.29, 0.717) is 32.1 Å². The van der Waals surface area contributed by atoms with Crippen molar-refractivity contribution in [2.45, 2.75) is 323 Å². The van der Waals surface area contributed by atoms with Gasteiger partial charge in [-0.05, 0) is 126 Å². The third-order valence-electron chi connectivity index (χ3n) is 23.4. The molecular weight excluding hydrogens is 1340 g/mol. The van der Waals surface area contributed by atoms with Crippen molar-refractivity contribution < 1.29 is 185 Å². The number of fused-ring (bicyclic) bond motifs is 5. The van der Waals surface area contributed by atoms with Gasteiger partial charge >= 0.3 is 29.6 Å². The van der Waals surface area contributed by atoms with Crippen LogP contribution in [0, 0.1) is 46.3 Å². The van der Waals surface area contributed by atoms with Crippen LogP contribution < -0.4 is 29.6 Å². The molecule has 0 aromatic rings. The predicted molar refractivity (Wildman–Crippen MR) is 324 cm³/mol. The van der Waals surface area contributed by atoms with Gasteiger partial charge in [0.05, 0.1) is 55.4 Å². The number of aliphatic hydroxyl groups excluding tert-OH is 14. The number of rotatable bonds is 21. The summed E-state index contributed by atoms with van der Waals surface area (Å²) in [4.78, 5) is 13.8. The molecule has 0 aromatic carbocycles. The first-order valence-electron chi connectivity index (χ1n) is 34.2. The molecule has 34 heteroatoms. The van der Waals surface area contributed by atoms with E-state index in [1.54, 1.807) is 6.92 Å². The van der Waals surface area contributed by atoms with Crippen LogP contribution in [0.4, 0.5) is 0 Å². The van der Waals surface area contributed by atoms with Gasteiger partial charge in [-0.3, -0.25) is 8.98 Å². The van der Waals surface area contributed by atoms with E-state index in [1.165, 1.54) is 27.7 Å². The average molecular weight is 1440 g/mol. The number of allylic oxidation sites excluding steroid dienone is 2. The molecule has 0 aromatic heterocycles. The van der Waals surface area contributed by atoms with Crippen LogP contribution in [-0.4, -0.2) is 305 Å². The van der Waals surface area contributed by atoms with E-state index in [4.69, 9.17) is 61.0 Å². The van der Waals surface area contributed by atoms with Crippen molar-refractivity contribution in [3.05, 3.63) is 11.6 Å². The minimum absolute atomic E-state index is 0. The summed E-state index contributed by atoms with van der Waals surface area (Å²) in [6.45, 7) is 15.8. The third kappa shape index (κ3) is 16.1. The summed E-state index contributed by atoms with van der Waals surface area (Å²) in [6.07, 6.45) is -47.0. The Kier molecular flexibility index (Phi) is 26.5. The third-order valence-corrected chi connectivity index (χ3v) is 23.9. The van der Waals surface area contributed by atoms with Gasteiger partial charge in [0.25, 0.3) is 0 Å². The van der Waals surface area contributed by atoms with Gasteiger partial charge in [-0.25, -0.2) is 8.42 Å². The van der Waals surface area contributed by atoms with Gasteiger partial charge in [-0.1, -0.05) is 46.3 Å². The van der Waals surface area contributed by atoms with Crippen molar-refractivity contribution in [1.82, 2.24) is 0 Å². The molecular formula is C64H105NaO32S. The largest absolute Gasteiger partial charge is 1.00 e. The Morgan fingerprint density at radius 1 is 0.602 bits per heavy atom. The molecule has 560 valence electrons. The smallest absolute Gasteiger partial charge is 0.726 e. The van der Waals surface area contributed by atoms with Gasteiger partial charge in [-0.2, -0.15) is 0 Å². The molecule has 0 bridgehead atoms. The van der Waals surface area contributed by atoms with Crippen LogP contribution in [-0.2, 0) is 76.2 Å². The molecule has 10 rings (SSSR count). The van der Waals surface area contributed by atoms with E-state index < -0.39 is 236 Å². The Balaban J connectivity index is 0.0000112. The molecule has 10 aliphatic rings. The van der Waals surface area contributed by atoms with E-state index in [9.17, 15) is 94.4 Å². The zero-order chi connectivity index (χ0) is 71.2. The average Bonchev–Trinajstić information content (AvgIpc) is 1.38. The van der Waals surface area contributed by atoms with Gasteiger partial charge < -0.3 is 138 Å². The molecule has 34 unspecified atom stereocenters. The molecule has 6 heterocycles. The van der Waals surface area contributed by atoms with E-state index >= 15 is 0 Å². The van der Waals surface area contributed by atoms with Gasteiger partial charge in [0.1, 0.15) is 122 Å². The molecule has 39 atom stereocenters. The van der Waals surface area contributed by atoms with E-state index in [0.717, 1.165) is 5.57 Å². The van der Waals surface area contributed by atoms with Crippen LogP contribution in [0.15, 0.2) is 11.6 Å². The maximum Gasteiger partial charge on any atom is 1.00 e. The second-order valence-electron chi connectivity index (χ2n) is 30.0. The maximum atomic E-state index is 13.8. The van der Waals surface area contributed by atoms with Crippen molar-refractivity contribution in [1.29, 1.82) is 0 Å². The van der Waals surface area contributed by atoms with Crippen LogP contribution in [0.5, 0.6) is 0 Å². The van der Waals surface area contributed by atoms with Crippen LogP contribution in [0.1, 0.15) is 127 Å². The summed E-state index contributed by atoms with van der Waals surface area (Å²) in [5, 5.41) is 170. The Labute approximate surface area is 592 Å². The van der Waals surface area contributed by atoms with E-state index in [-0.39, 0.29) is 90.6 Å². The van der Waals surface area contributed by atoms with Gasteiger partial charge in [0.15, 0.2) is 37.7 Å². The fourth-order valence-corrected chi connectivity index (χ4v) is 18.3. The quantitative estimate of drug-likeness (QED) is 0.0220. The molecule has 4 aliphatic carbocycles. The van der Waals surface area contributed by atoms with Gasteiger partial charge in [0.2, 0.25) is 10.4 Å². The normalized spacial score (nSPS) is 51.0. The molecule has 3 saturated carbocycles. The van der Waals surface area contributed by atoms with Crippen molar-refractivity contribution in [3.8, 4) is 0 Å². The van der Waals surface area contributed by atoms with Crippen LogP contribution in [0.3, 0.4) is 0 Å². The minimum Gasteiger partial charge on any atom is -0.726 e. The van der Waals surface area contributed by atoms with Gasteiger partial charge in [-0.15, -0.1) is 0 Å². The summed E-state index contributed by atoms with van der Waals surface area (Å²) >= 11 is 0. The Morgan fingerprint density at radius 2 is 1.09 bits per heavy atom. The molecule has 0 spiro atoms. The molecule has 6 saturated heterocycles. The number of carbonyl (C=O) groups excluding carboxylic acids is 1. The van der Waals surface area contributed by atoms with Crippen LogP contribution >= 0.6 is 0 Å². The maximum absolute atomic E-state index is 13.8. The SMILES string of the molecule is CC[C@H](C(=O)C[C@](C)(O)C1CCC2C3C[C@H](OC4OC(C)C(O)C(OC5OCC(OC6OC(CO)C(O)C(O)C6OC6OC(C)C(O)C(OC7OC(C)C(O)C(O)C7O)C6O)C(O)C5OC5OC(C)C(O)C(O)C5O)C4O)[C@H]4C[C@@H](OS(=O)(=O)[O-])CCC4(C)C3=CCC21C)C(C)C.[Na+]. The molecule has 0 amide bonds. The first kappa shape index (κ1) is 81.3. The fourth-order valence-electron chi connectivity index (χ4n) is 17.8. The number of hydrogen-bond acceptors (Lipinski definition) is 32. The van der Waals surface area contributed by atoms with Crippen molar-refractivity contribution in [2.75, 3.05) is 13.2 Å². The molecule has 6 aliphatic heterocycles. The summed E-state index contributed by atoms with van der Waals surface area (Å²) in [6, 6.07) is 0. The minimum atomic E-state index is -5.16. The monoisotopic (exact) mass is 1440 g/mol. The van der Waals surface area contributed by atoms with Crippen molar-refractivity contribution >= 4 is 16.2 Å². The molecule has 0 radical (unpaired) electrons. The first-order chi connectivity index (χ1) is 45.3. The van der Waals surface area contributed by atoms with Gasteiger partial charge in [0, 0.05) is 12.3 Å². The Morgan fingerprint density at radius 3 is 1.61 bits per heavy atom. The molecule has 98 heavy (non-hydrogen) atoms. The van der Waals surface area contributed by atoms with Crippen molar-refractivity contribution in [3.63, 3.8) is 0 Å². The molecule has 15 N–H and O–H groups in total. The first-order valence-corrected chi connectivity index (χ1v) is 35.6. The topological polar surface area (TPSA) is 498 Å². The standard InChI is InChI=1S/C64H106O32S.Na/c1-11-29(23(2)3)34(66)20-64(10,80)38-13-12-31-30-19-35(33-18-28(96-97(81,82)83)14-16-62(33,8)32(30)15-17-63(31,38)9)89-58-50(78)53(42(70)26(6)87-58)93-60-54(94-57-49(77)46(74)40(68)25(5)86-57)44(72)37(22-84-60)91-61-55(47(75)43(71)36(21-65)90-61)95-59-51(79)52(41(69)27(7)88-59)92-56-48(76)45(73)39(67)24(4)85-56;/h15,23-31,33,35-61,65,67-80H,11-14,16-22H2,1-10H3,(H,81,82,83);/q;+1/p-1/t24?,25?,26?,27?,28-,29-,30?,31?,33+,35-,36?,37?,38?,39?,40?,41?,42?,43?,44?,45?,46?,47?,48?,49?,50?,51?,52?,53?,54?,55?,56?,57?,58?,59?,60?,61?,62?,63?,64-;/m0./s1. The summed E-state index contributed by atoms with van der Waals surface area (Å²) in [5.74, 6) is -1.20. The van der Waals surface area contributed by atoms with Crippen LogP contribution in [0.25, 0.3) is 0 Å². The summed E-state index contributed by atoms with van der Waals surface area (Å²) in [7, 11) is -5.16. The van der Waals surface area contributed by atoms with E-state index in [1.807, 2.05) is 20.8 Å². The number of aliphatic hydroxyl groups is 15. The fraction of sp³-hybridized carbons (Fsp3) is 0.953. The second kappa shape index (κ2) is 31.9. The Hall–Kier alpha value is -0.800. The Bertz CT molecular complexity index is 2800. The second-order valence-corrected chi connectivity index (χ2v) is 31.0. The number of ether oxygens (including phenoxy) is 12. The van der Waals surface area contributed by atoms with Crippen LogP contribution in [0.2, 0.25) is 0 Å². The number of carbonyl (C=O) groups is 1. The van der Waals surface area contributed by atoms with Crippen molar-refractivity contribution in [2.24, 2.45) is 46.3 Å². The number of hydrogen-bond donors (Lipinski definition) is 15. The zero-order valence-corrected chi connectivity index (χ0v) is 60.1.